The summed E-state index contributed by atoms with van der Waals surface area (Å²) in [6.45, 7) is 2.83. The number of aromatic nitrogens is 2. The predicted molar refractivity (Wildman–Crippen MR) is 88.1 cm³/mol. The topological polar surface area (TPSA) is 67.8 Å². The second-order valence-electron chi connectivity index (χ2n) is 6.33. The van der Waals surface area contributed by atoms with Gasteiger partial charge in [0.2, 0.25) is 10.1 Å². The first-order valence-corrected chi connectivity index (χ1v) is 9.25. The van der Waals surface area contributed by atoms with E-state index in [1.165, 1.54) is 7.11 Å². The second kappa shape index (κ2) is 7.65. The van der Waals surface area contributed by atoms with Gasteiger partial charge in [-0.25, -0.2) is 0 Å². The van der Waals surface area contributed by atoms with E-state index in [9.17, 15) is 18.0 Å². The first-order chi connectivity index (χ1) is 12.4. The van der Waals surface area contributed by atoms with Crippen LogP contribution in [0.2, 0.25) is 0 Å². The van der Waals surface area contributed by atoms with Crippen LogP contribution < -0.4 is 4.90 Å². The molecule has 0 unspecified atom stereocenters. The summed E-state index contributed by atoms with van der Waals surface area (Å²) in [7, 11) is 1.53. The van der Waals surface area contributed by atoms with E-state index in [1.54, 1.807) is 9.80 Å². The normalized spacial score (nSPS) is 21.5. The number of carbonyl (C=O) groups excluding carboxylic acids is 1. The SMILES string of the molecule is COC1(C(=O)N2CCCN(c3nnc(C(F)(F)F)s3)CC2)CCOCC1. The van der Waals surface area contributed by atoms with Crippen molar-refractivity contribution in [3.63, 3.8) is 0 Å². The second-order valence-corrected chi connectivity index (χ2v) is 7.29. The van der Waals surface area contributed by atoms with E-state index >= 15 is 0 Å². The van der Waals surface area contributed by atoms with Crippen molar-refractivity contribution in [2.75, 3.05) is 51.4 Å². The lowest BCUT2D eigenvalue weighted by Gasteiger charge is -2.38. The number of nitrogens with zero attached hydrogens (tertiary/aromatic N) is 4. The van der Waals surface area contributed by atoms with E-state index in [0.717, 1.165) is 0 Å². The zero-order valence-corrected chi connectivity index (χ0v) is 15.2. The average molecular weight is 394 g/mol. The molecular weight excluding hydrogens is 373 g/mol. The van der Waals surface area contributed by atoms with Crippen molar-refractivity contribution in [1.29, 1.82) is 0 Å². The summed E-state index contributed by atoms with van der Waals surface area (Å²) < 4.78 is 49.0. The number of hydrogen-bond donors (Lipinski definition) is 0. The van der Waals surface area contributed by atoms with Crippen LogP contribution >= 0.6 is 11.3 Å². The van der Waals surface area contributed by atoms with Crippen LogP contribution in [0.25, 0.3) is 0 Å². The van der Waals surface area contributed by atoms with Gasteiger partial charge in [-0.15, -0.1) is 10.2 Å². The summed E-state index contributed by atoms with van der Waals surface area (Å²) in [5.41, 5.74) is -0.861. The molecule has 11 heteroatoms. The molecule has 7 nitrogen and oxygen atoms in total. The lowest BCUT2D eigenvalue weighted by molar-refractivity contribution is -0.166. The number of methoxy groups -OCH3 is 1. The number of ether oxygens (including phenoxy) is 2. The Balaban J connectivity index is 1.66. The highest BCUT2D eigenvalue weighted by Gasteiger charge is 2.43. The van der Waals surface area contributed by atoms with Crippen molar-refractivity contribution in [2.24, 2.45) is 0 Å². The van der Waals surface area contributed by atoms with E-state index in [-0.39, 0.29) is 11.0 Å². The zero-order chi connectivity index (χ0) is 18.8. The number of rotatable bonds is 3. The standard InChI is InChI=1S/C15H21F3N4O3S/c1-24-14(3-9-25-10-4-14)12(23)21-5-2-6-22(8-7-21)13-20-19-11(26-13)15(16,17)18/h2-10H2,1H3. The number of carbonyl (C=O) groups is 1. The van der Waals surface area contributed by atoms with Gasteiger partial charge in [-0.2, -0.15) is 13.2 Å². The Labute approximate surface area is 153 Å². The van der Waals surface area contributed by atoms with Gasteiger partial charge < -0.3 is 19.3 Å². The third-order valence-electron chi connectivity index (χ3n) is 4.79. The van der Waals surface area contributed by atoms with Crippen LogP contribution in [0.1, 0.15) is 24.3 Å². The Morgan fingerprint density at radius 3 is 2.54 bits per heavy atom. The zero-order valence-electron chi connectivity index (χ0n) is 14.4. The van der Waals surface area contributed by atoms with E-state index < -0.39 is 16.8 Å². The van der Waals surface area contributed by atoms with Gasteiger partial charge in [0.25, 0.3) is 5.91 Å². The first-order valence-electron chi connectivity index (χ1n) is 8.44. The molecule has 0 spiro atoms. The molecule has 0 aliphatic carbocycles. The molecule has 2 saturated heterocycles. The van der Waals surface area contributed by atoms with Crippen molar-refractivity contribution in [3.8, 4) is 0 Å². The number of amides is 1. The summed E-state index contributed by atoms with van der Waals surface area (Å²) in [6, 6.07) is 0. The van der Waals surface area contributed by atoms with E-state index in [1.807, 2.05) is 0 Å². The van der Waals surface area contributed by atoms with E-state index in [0.29, 0.717) is 70.0 Å². The quantitative estimate of drug-likeness (QED) is 0.779. The summed E-state index contributed by atoms with van der Waals surface area (Å²) in [4.78, 5) is 16.5. The molecule has 1 aromatic heterocycles. The lowest BCUT2D eigenvalue weighted by Crippen LogP contribution is -2.54. The Morgan fingerprint density at radius 2 is 1.92 bits per heavy atom. The molecule has 26 heavy (non-hydrogen) atoms. The molecule has 2 aliphatic rings. The third kappa shape index (κ3) is 3.94. The van der Waals surface area contributed by atoms with Crippen molar-refractivity contribution in [2.45, 2.75) is 31.0 Å². The van der Waals surface area contributed by atoms with Gasteiger partial charge in [0.1, 0.15) is 0 Å². The van der Waals surface area contributed by atoms with Gasteiger partial charge in [0.15, 0.2) is 5.60 Å². The van der Waals surface area contributed by atoms with Crippen LogP contribution in [0, 0.1) is 0 Å². The molecule has 1 amide bonds. The van der Waals surface area contributed by atoms with Gasteiger partial charge in [-0.1, -0.05) is 11.3 Å². The van der Waals surface area contributed by atoms with Gasteiger partial charge in [-0.05, 0) is 6.42 Å². The minimum atomic E-state index is -4.49. The molecule has 146 valence electrons. The molecule has 0 aromatic carbocycles. The van der Waals surface area contributed by atoms with Crippen molar-refractivity contribution >= 4 is 22.4 Å². The maximum atomic E-state index is 13.0. The molecule has 0 N–H and O–H groups in total. The molecule has 2 fully saturated rings. The summed E-state index contributed by atoms with van der Waals surface area (Å²) in [5.74, 6) is -0.0709. The van der Waals surface area contributed by atoms with Crippen molar-refractivity contribution < 1.29 is 27.4 Å². The van der Waals surface area contributed by atoms with Gasteiger partial charge in [0.05, 0.1) is 0 Å². The molecule has 2 aliphatic heterocycles. The van der Waals surface area contributed by atoms with Crippen LogP contribution in [0.5, 0.6) is 0 Å². The minimum Gasteiger partial charge on any atom is -0.381 e. The van der Waals surface area contributed by atoms with Crippen molar-refractivity contribution in [3.05, 3.63) is 5.01 Å². The molecule has 0 atom stereocenters. The van der Waals surface area contributed by atoms with Crippen LogP contribution in [-0.4, -0.2) is 73.1 Å². The Hall–Kier alpha value is -1.46. The van der Waals surface area contributed by atoms with Crippen LogP contribution in [0.15, 0.2) is 0 Å². The number of alkyl halides is 3. The molecule has 1 aromatic rings. The van der Waals surface area contributed by atoms with Gasteiger partial charge in [0, 0.05) is 59.3 Å². The summed E-state index contributed by atoms with van der Waals surface area (Å²) in [5, 5.41) is 6.18. The summed E-state index contributed by atoms with van der Waals surface area (Å²) in [6.07, 6.45) is -2.83. The van der Waals surface area contributed by atoms with Crippen LogP contribution in [0.3, 0.4) is 0 Å². The minimum absolute atomic E-state index is 0.0709. The van der Waals surface area contributed by atoms with Crippen LogP contribution in [0.4, 0.5) is 18.3 Å². The fourth-order valence-electron chi connectivity index (χ4n) is 3.26. The molecular formula is C15H21F3N4O3S. The van der Waals surface area contributed by atoms with Crippen molar-refractivity contribution in [1.82, 2.24) is 15.1 Å². The third-order valence-corrected chi connectivity index (χ3v) is 5.82. The van der Waals surface area contributed by atoms with Crippen LogP contribution in [-0.2, 0) is 20.4 Å². The Kier molecular flexibility index (Phi) is 5.68. The predicted octanol–water partition coefficient (Wildman–Crippen LogP) is 1.79. The maximum absolute atomic E-state index is 13.0. The van der Waals surface area contributed by atoms with Gasteiger partial charge >= 0.3 is 6.18 Å². The Morgan fingerprint density at radius 1 is 1.19 bits per heavy atom. The highest BCUT2D eigenvalue weighted by atomic mass is 32.1. The highest BCUT2D eigenvalue weighted by Crippen LogP contribution is 2.34. The molecule has 3 heterocycles. The highest BCUT2D eigenvalue weighted by molar-refractivity contribution is 7.15. The lowest BCUT2D eigenvalue weighted by atomic mass is 9.92. The smallest absolute Gasteiger partial charge is 0.381 e. The first kappa shape index (κ1) is 19.3. The largest absolute Gasteiger partial charge is 0.445 e. The molecule has 0 radical (unpaired) electrons. The molecule has 0 saturated carbocycles. The van der Waals surface area contributed by atoms with E-state index in [2.05, 4.69) is 10.2 Å². The number of halogens is 3. The number of hydrogen-bond acceptors (Lipinski definition) is 7. The maximum Gasteiger partial charge on any atom is 0.445 e. The average Bonchev–Trinajstić information content (AvgIpc) is 3.01. The summed E-state index contributed by atoms with van der Waals surface area (Å²) >= 11 is 0.531. The Bertz CT molecular complexity index is 634. The fourth-order valence-corrected chi connectivity index (χ4v) is 4.03. The monoisotopic (exact) mass is 394 g/mol. The number of anilines is 1. The molecule has 3 rings (SSSR count). The van der Waals surface area contributed by atoms with Gasteiger partial charge in [-0.3, -0.25) is 4.79 Å². The molecule has 0 bridgehead atoms. The fraction of sp³-hybridized carbons (Fsp3) is 0.800. The van der Waals surface area contributed by atoms with E-state index in [4.69, 9.17) is 9.47 Å².